The van der Waals surface area contributed by atoms with E-state index in [9.17, 15) is 9.90 Å². The molecule has 0 aromatic heterocycles. The molecule has 1 unspecified atom stereocenters. The van der Waals surface area contributed by atoms with Gasteiger partial charge in [0.05, 0.1) is 7.11 Å². The summed E-state index contributed by atoms with van der Waals surface area (Å²) in [7, 11) is 1.51. The van der Waals surface area contributed by atoms with Gasteiger partial charge in [-0.25, -0.2) is 4.79 Å². The molecule has 0 radical (unpaired) electrons. The van der Waals surface area contributed by atoms with E-state index in [-0.39, 0.29) is 0 Å². The van der Waals surface area contributed by atoms with Gasteiger partial charge in [-0.1, -0.05) is 31.4 Å². The zero-order chi connectivity index (χ0) is 19.3. The highest BCUT2D eigenvalue weighted by Gasteiger charge is 2.12. The Kier molecular flexibility index (Phi) is 6.20. The van der Waals surface area contributed by atoms with Crippen LogP contribution >= 0.6 is 0 Å². The Morgan fingerprint density at radius 2 is 1.62 bits per heavy atom. The first-order valence-corrected chi connectivity index (χ1v) is 7.98. The molecule has 2 rings (SSSR count). The Hall–Kier alpha value is -3.05. The maximum atomic E-state index is 11.7. The minimum absolute atomic E-state index is 0.309. The van der Waals surface area contributed by atoms with Gasteiger partial charge in [0.15, 0.2) is 11.5 Å². The molecule has 0 aliphatic carbocycles. The van der Waals surface area contributed by atoms with Crippen LogP contribution < -0.4 is 14.2 Å². The minimum atomic E-state index is -1.04. The molecular formula is C21H22O5. The molecule has 0 aliphatic rings. The summed E-state index contributed by atoms with van der Waals surface area (Å²) in [6, 6.07) is 12.5. The zero-order valence-electron chi connectivity index (χ0n) is 15.1. The van der Waals surface area contributed by atoms with Crippen molar-refractivity contribution in [3.8, 4) is 28.4 Å². The highest BCUT2D eigenvalue weighted by Crippen LogP contribution is 2.33. The Bertz CT molecular complexity index is 821. The number of carbonyl (C=O) groups is 1. The number of benzene rings is 2. The molecule has 136 valence electrons. The van der Waals surface area contributed by atoms with E-state index in [1.165, 1.54) is 7.11 Å². The smallest absolute Gasteiger partial charge is 0.338 e. The van der Waals surface area contributed by atoms with E-state index in [0.717, 1.165) is 11.1 Å². The zero-order valence-corrected chi connectivity index (χ0v) is 15.1. The summed E-state index contributed by atoms with van der Waals surface area (Å²) >= 11 is 0. The molecule has 0 fully saturated rings. The summed E-state index contributed by atoms with van der Waals surface area (Å²) in [6.45, 7) is 10.5. The Morgan fingerprint density at radius 3 is 2.15 bits per heavy atom. The number of carbonyl (C=O) groups excluding carboxylic acids is 1. The molecular weight excluding hydrogens is 332 g/mol. The van der Waals surface area contributed by atoms with Crippen LogP contribution in [0.2, 0.25) is 0 Å². The molecule has 2 aromatic carbocycles. The molecule has 0 saturated carbocycles. The number of hydrogen-bond donors (Lipinski definition) is 1. The second kappa shape index (κ2) is 8.36. The van der Waals surface area contributed by atoms with Crippen molar-refractivity contribution in [2.45, 2.75) is 20.1 Å². The van der Waals surface area contributed by atoms with E-state index in [1.807, 2.05) is 18.2 Å². The maximum Gasteiger partial charge on any atom is 0.338 e. The summed E-state index contributed by atoms with van der Waals surface area (Å²) in [4.78, 5) is 11.7. The van der Waals surface area contributed by atoms with E-state index >= 15 is 0 Å². The van der Waals surface area contributed by atoms with Gasteiger partial charge in [-0.05, 0) is 54.8 Å². The molecule has 26 heavy (non-hydrogen) atoms. The molecule has 5 heteroatoms. The largest absolute Gasteiger partial charge is 0.493 e. The fraction of sp³-hybridized carbons (Fsp3) is 0.190. The van der Waals surface area contributed by atoms with Gasteiger partial charge in [0, 0.05) is 5.57 Å². The van der Waals surface area contributed by atoms with Crippen LogP contribution in [-0.4, -0.2) is 24.5 Å². The average Bonchev–Trinajstić information content (AvgIpc) is 2.62. The van der Waals surface area contributed by atoms with Gasteiger partial charge in [0.2, 0.25) is 6.29 Å². The fourth-order valence-corrected chi connectivity index (χ4v) is 2.07. The van der Waals surface area contributed by atoms with Gasteiger partial charge in [0.1, 0.15) is 5.75 Å². The third-order valence-corrected chi connectivity index (χ3v) is 3.57. The van der Waals surface area contributed by atoms with Crippen LogP contribution in [0.15, 0.2) is 66.8 Å². The summed E-state index contributed by atoms with van der Waals surface area (Å²) < 4.78 is 15.9. The fourth-order valence-electron chi connectivity index (χ4n) is 2.07. The van der Waals surface area contributed by atoms with Crippen molar-refractivity contribution in [1.82, 2.24) is 0 Å². The molecule has 5 nitrogen and oxygen atoms in total. The Morgan fingerprint density at radius 1 is 1.00 bits per heavy atom. The van der Waals surface area contributed by atoms with Gasteiger partial charge in [-0.15, -0.1) is 0 Å². The van der Waals surface area contributed by atoms with Crippen LogP contribution in [0.4, 0.5) is 0 Å². The van der Waals surface area contributed by atoms with Crippen LogP contribution in [0.25, 0.3) is 11.1 Å². The predicted octanol–water partition coefficient (Wildman–Crippen LogP) is 4.12. The second-order valence-corrected chi connectivity index (χ2v) is 5.88. The summed E-state index contributed by atoms with van der Waals surface area (Å²) in [6.07, 6.45) is -1.04. The molecule has 1 N–H and O–H groups in total. The molecule has 1 atom stereocenters. The number of esters is 1. The molecule has 0 aliphatic heterocycles. The molecule has 0 heterocycles. The molecule has 0 spiro atoms. The SMILES string of the molecule is C=C(C)C(=O)Oc1ccc(-c2ccc(OC(O)C(=C)C)cc2)cc1OC. The number of hydrogen-bond acceptors (Lipinski definition) is 5. The lowest BCUT2D eigenvalue weighted by Crippen LogP contribution is -2.15. The normalized spacial score (nSPS) is 11.4. The number of aliphatic hydroxyl groups excluding tert-OH is 1. The van der Waals surface area contributed by atoms with Crippen LogP contribution in [-0.2, 0) is 4.79 Å². The lowest BCUT2D eigenvalue weighted by molar-refractivity contribution is -0.130. The second-order valence-electron chi connectivity index (χ2n) is 5.88. The Labute approximate surface area is 153 Å². The number of rotatable bonds is 7. The van der Waals surface area contributed by atoms with Crippen LogP contribution in [0.3, 0.4) is 0 Å². The first kappa shape index (κ1) is 19.3. The predicted molar refractivity (Wildman–Crippen MR) is 100 cm³/mol. The van der Waals surface area contributed by atoms with Crippen LogP contribution in [0.5, 0.6) is 17.2 Å². The van der Waals surface area contributed by atoms with Crippen LogP contribution in [0.1, 0.15) is 13.8 Å². The molecule has 2 aromatic rings. The first-order valence-electron chi connectivity index (χ1n) is 7.98. The molecule has 0 amide bonds. The molecule has 0 saturated heterocycles. The maximum absolute atomic E-state index is 11.7. The highest BCUT2D eigenvalue weighted by molar-refractivity contribution is 5.89. The topological polar surface area (TPSA) is 65.0 Å². The lowest BCUT2D eigenvalue weighted by atomic mass is 10.0. The quantitative estimate of drug-likeness (QED) is 0.266. The van der Waals surface area contributed by atoms with Gasteiger partial charge < -0.3 is 19.3 Å². The average molecular weight is 354 g/mol. The van der Waals surface area contributed by atoms with E-state index < -0.39 is 12.3 Å². The van der Waals surface area contributed by atoms with Crippen molar-refractivity contribution in [1.29, 1.82) is 0 Å². The standard InChI is InChI=1S/C21H22O5/c1-13(2)20(22)25-17-9-6-15(7-10-17)16-8-11-18(19(12-16)24-5)26-21(23)14(3)4/h6-12,20,22H,1,3H2,2,4-5H3. The first-order chi connectivity index (χ1) is 12.3. The van der Waals surface area contributed by atoms with E-state index in [2.05, 4.69) is 13.2 Å². The highest BCUT2D eigenvalue weighted by atomic mass is 16.6. The van der Waals surface area contributed by atoms with Gasteiger partial charge >= 0.3 is 5.97 Å². The monoisotopic (exact) mass is 354 g/mol. The number of aliphatic hydroxyl groups is 1. The van der Waals surface area contributed by atoms with Gasteiger partial charge in [-0.2, -0.15) is 0 Å². The summed E-state index contributed by atoms with van der Waals surface area (Å²) in [5, 5.41) is 9.69. The van der Waals surface area contributed by atoms with Gasteiger partial charge in [0.25, 0.3) is 0 Å². The van der Waals surface area contributed by atoms with E-state index in [4.69, 9.17) is 14.2 Å². The minimum Gasteiger partial charge on any atom is -0.493 e. The third-order valence-electron chi connectivity index (χ3n) is 3.57. The van der Waals surface area contributed by atoms with Crippen molar-refractivity contribution >= 4 is 5.97 Å². The number of methoxy groups -OCH3 is 1. The Balaban J connectivity index is 2.22. The van der Waals surface area contributed by atoms with E-state index in [0.29, 0.717) is 28.4 Å². The lowest BCUT2D eigenvalue weighted by Gasteiger charge is -2.14. The van der Waals surface area contributed by atoms with Crippen LogP contribution in [0, 0.1) is 0 Å². The van der Waals surface area contributed by atoms with Crippen molar-refractivity contribution in [2.24, 2.45) is 0 Å². The third kappa shape index (κ3) is 4.74. The number of ether oxygens (including phenoxy) is 3. The van der Waals surface area contributed by atoms with Crippen molar-refractivity contribution in [3.63, 3.8) is 0 Å². The van der Waals surface area contributed by atoms with Crippen molar-refractivity contribution in [2.75, 3.05) is 7.11 Å². The van der Waals surface area contributed by atoms with Crippen molar-refractivity contribution in [3.05, 3.63) is 66.8 Å². The summed E-state index contributed by atoms with van der Waals surface area (Å²) in [5.41, 5.74) is 2.63. The van der Waals surface area contributed by atoms with Gasteiger partial charge in [-0.3, -0.25) is 0 Å². The molecule has 0 bridgehead atoms. The van der Waals surface area contributed by atoms with E-state index in [1.54, 1.807) is 38.1 Å². The van der Waals surface area contributed by atoms with Crippen molar-refractivity contribution < 1.29 is 24.1 Å². The summed E-state index contributed by atoms with van der Waals surface area (Å²) in [5.74, 6) is 0.792.